The summed E-state index contributed by atoms with van der Waals surface area (Å²) in [7, 11) is 0. The van der Waals surface area contributed by atoms with E-state index in [1.165, 1.54) is 6.20 Å². The number of nitrogens with one attached hydrogen (secondary N) is 1. The van der Waals surface area contributed by atoms with E-state index in [0.717, 1.165) is 16.8 Å². The first-order chi connectivity index (χ1) is 20.9. The number of nitrogens with two attached hydrogens (primary N) is 1. The van der Waals surface area contributed by atoms with E-state index >= 15 is 0 Å². The van der Waals surface area contributed by atoms with Gasteiger partial charge in [0, 0.05) is 50.1 Å². The molecule has 0 saturated carbocycles. The Balaban J connectivity index is 1.19. The molecule has 0 unspecified atom stereocenters. The molecule has 220 valence electrons. The summed E-state index contributed by atoms with van der Waals surface area (Å²) < 4.78 is 2.06. The molecule has 1 aliphatic heterocycles. The van der Waals surface area contributed by atoms with E-state index in [1.807, 2.05) is 48.7 Å². The molecule has 2 amide bonds. The number of carbonyl (C=O) groups is 2. The molecule has 3 N–H and O–H groups in total. The fourth-order valence-corrected chi connectivity index (χ4v) is 5.44. The van der Waals surface area contributed by atoms with Crippen LogP contribution in [0.25, 0.3) is 0 Å². The van der Waals surface area contributed by atoms with Crippen molar-refractivity contribution in [1.82, 2.24) is 29.7 Å². The number of benzene rings is 2. The van der Waals surface area contributed by atoms with Crippen LogP contribution in [0.3, 0.4) is 0 Å². The van der Waals surface area contributed by atoms with E-state index in [4.69, 9.17) is 22.6 Å². The van der Waals surface area contributed by atoms with Gasteiger partial charge in [0.2, 0.25) is 5.91 Å². The van der Waals surface area contributed by atoms with E-state index in [2.05, 4.69) is 25.9 Å². The fourth-order valence-electron chi connectivity index (χ4n) is 5.23. The van der Waals surface area contributed by atoms with Crippen molar-refractivity contribution < 1.29 is 9.59 Å². The number of likely N-dealkylation sites (tertiary alicyclic amines) is 1. The Bertz CT molecular complexity index is 1600. The van der Waals surface area contributed by atoms with Crippen LogP contribution in [-0.4, -0.2) is 61.8 Å². The Kier molecular flexibility index (Phi) is 9.66. The summed E-state index contributed by atoms with van der Waals surface area (Å²) >= 11 is 6.15. The number of carbonyl (C=O) groups excluding carboxylic acids is 2. The Hall–Kier alpha value is -4.72. The molecule has 2 aromatic heterocycles. The van der Waals surface area contributed by atoms with Crippen LogP contribution >= 0.6 is 11.6 Å². The van der Waals surface area contributed by atoms with Crippen molar-refractivity contribution in [3.63, 3.8) is 0 Å². The number of nitriles is 1. The average Bonchev–Trinajstić information content (AvgIpc) is 3.61. The first-order valence-electron chi connectivity index (χ1n) is 14.2. The van der Waals surface area contributed by atoms with Crippen molar-refractivity contribution in [2.75, 3.05) is 25.4 Å². The van der Waals surface area contributed by atoms with E-state index in [-0.39, 0.29) is 11.8 Å². The lowest BCUT2D eigenvalue weighted by Gasteiger charge is -2.28. The second-order valence-electron chi connectivity index (χ2n) is 10.5. The summed E-state index contributed by atoms with van der Waals surface area (Å²) in [6.45, 7) is 3.29. The van der Waals surface area contributed by atoms with Gasteiger partial charge in [0.1, 0.15) is 11.9 Å². The van der Waals surface area contributed by atoms with Gasteiger partial charge in [-0.25, -0.2) is 9.97 Å². The fraction of sp³-hybridized carbons (Fsp3) is 0.281. The van der Waals surface area contributed by atoms with Crippen LogP contribution < -0.4 is 11.1 Å². The minimum Gasteiger partial charge on any atom is -0.384 e. The van der Waals surface area contributed by atoms with Gasteiger partial charge >= 0.3 is 0 Å². The zero-order valence-corrected chi connectivity index (χ0v) is 24.5. The van der Waals surface area contributed by atoms with Crippen LogP contribution in [0.15, 0.2) is 79.4 Å². The van der Waals surface area contributed by atoms with Crippen molar-refractivity contribution in [3.8, 4) is 6.07 Å². The SMILES string of the molecule is N#Cc1ccc(Cn2cncc2CNCCCN(C(=O)c2ccc(N)nc2)[C@@H]2CCN(Cc3cccc(Cl)c3)C2=O)cc1. The van der Waals surface area contributed by atoms with Gasteiger partial charge in [0.05, 0.1) is 29.2 Å². The number of nitrogens with zero attached hydrogens (tertiary/aromatic N) is 6. The van der Waals surface area contributed by atoms with Crippen molar-refractivity contribution in [3.05, 3.63) is 112 Å². The Labute approximate surface area is 255 Å². The molecule has 0 aliphatic carbocycles. The average molecular weight is 597 g/mol. The normalized spacial score (nSPS) is 14.6. The minimum atomic E-state index is -0.557. The number of anilines is 1. The smallest absolute Gasteiger partial charge is 0.256 e. The van der Waals surface area contributed by atoms with Crippen LogP contribution in [0.5, 0.6) is 0 Å². The van der Waals surface area contributed by atoms with Gasteiger partial charge in [-0.2, -0.15) is 5.26 Å². The molecule has 11 heteroatoms. The zero-order chi connectivity index (χ0) is 30.2. The van der Waals surface area contributed by atoms with Gasteiger partial charge in [0.15, 0.2) is 0 Å². The lowest BCUT2D eigenvalue weighted by Crippen LogP contribution is -2.46. The predicted octanol–water partition coefficient (Wildman–Crippen LogP) is 3.86. The van der Waals surface area contributed by atoms with Gasteiger partial charge < -0.3 is 25.4 Å². The summed E-state index contributed by atoms with van der Waals surface area (Å²) in [6, 6.07) is 19.8. The summed E-state index contributed by atoms with van der Waals surface area (Å²) in [4.78, 5) is 39.0. The highest BCUT2D eigenvalue weighted by Crippen LogP contribution is 2.23. The monoisotopic (exact) mass is 596 g/mol. The third-order valence-electron chi connectivity index (χ3n) is 7.50. The molecule has 0 spiro atoms. The minimum absolute atomic E-state index is 0.0728. The molecule has 1 atom stereocenters. The van der Waals surface area contributed by atoms with Crippen molar-refractivity contribution >= 4 is 29.2 Å². The van der Waals surface area contributed by atoms with E-state index in [1.54, 1.807) is 34.3 Å². The quantitative estimate of drug-likeness (QED) is 0.237. The van der Waals surface area contributed by atoms with Crippen molar-refractivity contribution in [1.29, 1.82) is 5.26 Å². The maximum atomic E-state index is 13.6. The topological polar surface area (TPSA) is 133 Å². The number of amides is 2. The van der Waals surface area contributed by atoms with Gasteiger partial charge in [0.25, 0.3) is 5.91 Å². The largest absolute Gasteiger partial charge is 0.384 e. The van der Waals surface area contributed by atoms with Crippen LogP contribution in [0.2, 0.25) is 5.02 Å². The van der Waals surface area contributed by atoms with E-state index in [0.29, 0.717) is 74.1 Å². The molecular formula is C32H33ClN8O2. The molecule has 2 aromatic carbocycles. The third kappa shape index (κ3) is 7.57. The van der Waals surface area contributed by atoms with Gasteiger partial charge in [-0.05, 0) is 66.9 Å². The Morgan fingerprint density at radius 3 is 2.70 bits per heavy atom. The molecule has 1 fully saturated rings. The highest BCUT2D eigenvalue weighted by molar-refractivity contribution is 6.30. The number of hydrogen-bond donors (Lipinski definition) is 2. The first kappa shape index (κ1) is 29.8. The van der Waals surface area contributed by atoms with Gasteiger partial charge in [-0.3, -0.25) is 9.59 Å². The molecule has 4 aromatic rings. The highest BCUT2D eigenvalue weighted by Gasteiger charge is 2.38. The second-order valence-corrected chi connectivity index (χ2v) is 11.0. The van der Waals surface area contributed by atoms with Gasteiger partial charge in [-0.1, -0.05) is 35.9 Å². The Morgan fingerprint density at radius 1 is 1.12 bits per heavy atom. The van der Waals surface area contributed by atoms with Crippen LogP contribution in [0.1, 0.15) is 45.6 Å². The summed E-state index contributed by atoms with van der Waals surface area (Å²) in [5.74, 6) is 0.0164. The number of aromatic nitrogens is 3. The maximum absolute atomic E-state index is 13.6. The Morgan fingerprint density at radius 2 is 1.95 bits per heavy atom. The highest BCUT2D eigenvalue weighted by atomic mass is 35.5. The third-order valence-corrected chi connectivity index (χ3v) is 7.73. The zero-order valence-electron chi connectivity index (χ0n) is 23.7. The van der Waals surface area contributed by atoms with Crippen molar-refractivity contribution in [2.24, 2.45) is 0 Å². The number of pyridine rings is 1. The number of hydrogen-bond acceptors (Lipinski definition) is 7. The maximum Gasteiger partial charge on any atom is 0.256 e. The molecule has 10 nitrogen and oxygen atoms in total. The lowest BCUT2D eigenvalue weighted by molar-refractivity contribution is -0.132. The lowest BCUT2D eigenvalue weighted by atomic mass is 10.1. The molecule has 0 radical (unpaired) electrons. The van der Waals surface area contributed by atoms with Crippen molar-refractivity contribution in [2.45, 2.75) is 38.5 Å². The standard InChI is InChI=1S/C32H33ClN8O2/c33-27-4-1-3-25(15-27)21-39-14-11-29(32(39)43)41(31(42)26-9-10-30(35)38-17-26)13-2-12-36-18-28-19-37-22-40(28)20-24-7-5-23(16-34)6-8-24/h1,3-10,15,17,19,22,29,36H,2,11-14,18,20-21H2,(H2,35,38)/t29-/m1/s1. The number of nitrogen functional groups attached to an aromatic ring is 1. The van der Waals surface area contributed by atoms with E-state index < -0.39 is 6.04 Å². The van der Waals surface area contributed by atoms with E-state index in [9.17, 15) is 9.59 Å². The number of imidazole rings is 1. The predicted molar refractivity (Wildman–Crippen MR) is 164 cm³/mol. The van der Waals surface area contributed by atoms with Gasteiger partial charge in [-0.15, -0.1) is 0 Å². The molecule has 43 heavy (non-hydrogen) atoms. The molecule has 0 bridgehead atoms. The second kappa shape index (κ2) is 14.0. The molecule has 3 heterocycles. The summed E-state index contributed by atoms with van der Waals surface area (Å²) in [5, 5.41) is 13.1. The molecule has 1 saturated heterocycles. The molecular weight excluding hydrogens is 564 g/mol. The van der Waals surface area contributed by atoms with Crippen LogP contribution in [0.4, 0.5) is 5.82 Å². The summed E-state index contributed by atoms with van der Waals surface area (Å²) in [6.07, 6.45) is 6.27. The van der Waals surface area contributed by atoms with Crippen LogP contribution in [0, 0.1) is 11.3 Å². The number of rotatable bonds is 12. The first-order valence-corrected chi connectivity index (χ1v) is 14.5. The number of halogens is 1. The molecule has 5 rings (SSSR count). The summed E-state index contributed by atoms with van der Waals surface area (Å²) in [5.41, 5.74) is 9.81. The molecule has 1 aliphatic rings. The van der Waals surface area contributed by atoms with Crippen LogP contribution in [-0.2, 0) is 24.4 Å².